The molecule has 0 saturated carbocycles. The van der Waals surface area contributed by atoms with Gasteiger partial charge in [-0.25, -0.2) is 14.5 Å². The van der Waals surface area contributed by atoms with Crippen molar-refractivity contribution in [1.82, 2.24) is 24.6 Å². The molecule has 1 fully saturated rings. The van der Waals surface area contributed by atoms with Gasteiger partial charge in [-0.05, 0) is 20.8 Å². The van der Waals surface area contributed by atoms with Crippen molar-refractivity contribution in [2.45, 2.75) is 32.2 Å². The zero-order chi connectivity index (χ0) is 16.1. The van der Waals surface area contributed by atoms with Crippen molar-refractivity contribution < 1.29 is 9.45 Å². The highest BCUT2D eigenvalue weighted by Gasteiger charge is 2.34. The number of carbonyl (C=O) groups excluding carboxylic acids is 1. The van der Waals surface area contributed by atoms with Gasteiger partial charge in [0.15, 0.2) is 5.65 Å². The van der Waals surface area contributed by atoms with Crippen LogP contribution in [0.3, 0.4) is 0 Å². The molecule has 1 aliphatic rings. The summed E-state index contributed by atoms with van der Waals surface area (Å²) in [4.78, 5) is 32.2. The summed E-state index contributed by atoms with van der Waals surface area (Å²) < 4.78 is 5.89. The van der Waals surface area contributed by atoms with E-state index in [1.54, 1.807) is 4.68 Å². The number of fused-ring (bicyclic) bond motifs is 1. The van der Waals surface area contributed by atoms with Gasteiger partial charge >= 0.3 is 14.1 Å². The minimum atomic E-state index is -0.584. The molecule has 0 bridgehead atoms. The largest absolute Gasteiger partial charge is 0.528 e. The van der Waals surface area contributed by atoms with Crippen molar-refractivity contribution in [3.05, 3.63) is 22.4 Å². The highest BCUT2D eigenvalue weighted by Crippen LogP contribution is 2.26. The molecule has 9 heteroatoms. The Bertz CT molecular complexity index is 785. The molecule has 3 heterocycles. The van der Waals surface area contributed by atoms with Gasteiger partial charge in [0.05, 0.1) is 17.7 Å². The molecule has 0 atom stereocenters. The Kier molecular flexibility index (Phi) is 3.23. The summed E-state index contributed by atoms with van der Waals surface area (Å²) >= 11 is 0. The Morgan fingerprint density at radius 2 is 2.14 bits per heavy atom. The van der Waals surface area contributed by atoms with Crippen molar-refractivity contribution in [3.8, 4) is 0 Å². The van der Waals surface area contributed by atoms with Gasteiger partial charge in [0.25, 0.3) is 5.56 Å². The number of aromatic nitrogens is 4. The number of H-pyrrole nitrogens is 1. The van der Waals surface area contributed by atoms with Crippen LogP contribution in [0.4, 0.5) is 4.79 Å². The monoisotopic (exact) mass is 301 g/mol. The predicted octanol–water partition coefficient (Wildman–Crippen LogP) is 0.494. The second-order valence-electron chi connectivity index (χ2n) is 6.40. The summed E-state index contributed by atoms with van der Waals surface area (Å²) in [6, 6.07) is 0. The first kappa shape index (κ1) is 14.6. The fraction of sp³-hybridized carbons (Fsp3) is 0.538. The van der Waals surface area contributed by atoms with Crippen LogP contribution in [0.5, 0.6) is 0 Å². The number of nitrogens with zero attached hydrogens (tertiary/aromatic N) is 4. The molecular weight excluding hydrogens is 285 g/mol. The Morgan fingerprint density at radius 3 is 2.73 bits per heavy atom. The number of nitrogens with one attached hydrogen (secondary N) is 1. The number of rotatable bonds is 1. The fourth-order valence-corrected chi connectivity index (χ4v) is 2.49. The quantitative estimate of drug-likeness (QED) is 0.774. The van der Waals surface area contributed by atoms with E-state index >= 15 is 0 Å². The lowest BCUT2D eigenvalue weighted by molar-refractivity contribution is 0.112. The Balaban J connectivity index is 1.96. The summed E-state index contributed by atoms with van der Waals surface area (Å²) in [5.41, 5.74) is 0.0379. The third kappa shape index (κ3) is 2.26. The highest BCUT2D eigenvalue weighted by molar-refractivity contribution is 6.05. The van der Waals surface area contributed by atoms with E-state index in [1.807, 2.05) is 20.8 Å². The third-order valence-corrected chi connectivity index (χ3v) is 3.72. The van der Waals surface area contributed by atoms with Crippen molar-refractivity contribution in [3.63, 3.8) is 0 Å². The van der Waals surface area contributed by atoms with Crippen molar-refractivity contribution in [2.75, 3.05) is 13.1 Å². The summed E-state index contributed by atoms with van der Waals surface area (Å²) in [6.45, 7) is 6.79. The number of hydrogen-bond acceptors (Lipinski definition) is 5. The van der Waals surface area contributed by atoms with E-state index in [0.717, 1.165) is 0 Å². The molecule has 0 spiro atoms. The summed E-state index contributed by atoms with van der Waals surface area (Å²) in [5.74, 6) is 0.504. The molecule has 1 aliphatic heterocycles. The van der Waals surface area contributed by atoms with E-state index in [0.29, 0.717) is 29.9 Å². The fourth-order valence-electron chi connectivity index (χ4n) is 2.49. The van der Waals surface area contributed by atoms with Crippen LogP contribution < -0.4 is 5.56 Å². The average molecular weight is 301 g/mol. The molecule has 0 aromatic carbocycles. The van der Waals surface area contributed by atoms with Crippen LogP contribution in [0, 0.1) is 0 Å². The van der Waals surface area contributed by atoms with Gasteiger partial charge in [-0.3, -0.25) is 4.79 Å². The minimum Gasteiger partial charge on any atom is -0.528 e. The standard InChI is InChI=1S/C13H16BN5O3/c1-13(2,3)19-10-8(4-15-19)11(20)17-9(16-10)7-5-18(6-7)12(21)22-14/h4,7H,5-6H2,1-3H3,(H,16,17,20). The zero-order valence-corrected chi connectivity index (χ0v) is 12.7. The number of amides is 1. The number of aromatic amines is 1. The molecule has 0 aliphatic carbocycles. The molecule has 22 heavy (non-hydrogen) atoms. The van der Waals surface area contributed by atoms with Gasteiger partial charge in [0.2, 0.25) is 0 Å². The van der Waals surface area contributed by atoms with Gasteiger partial charge in [-0.1, -0.05) is 0 Å². The SMILES string of the molecule is [B]OC(=O)N1CC(c2nc3c(cnn3C(C)(C)C)c(=O)[nH]2)C1. The number of hydrogen-bond donors (Lipinski definition) is 1. The minimum absolute atomic E-state index is 0.0421. The molecular formula is C13H16BN5O3. The summed E-state index contributed by atoms with van der Waals surface area (Å²) in [7, 11) is 4.84. The lowest BCUT2D eigenvalue weighted by Gasteiger charge is -2.37. The van der Waals surface area contributed by atoms with Gasteiger partial charge in [-0.2, -0.15) is 5.10 Å². The first-order chi connectivity index (χ1) is 10.3. The van der Waals surface area contributed by atoms with Crippen LogP contribution in [-0.2, 0) is 10.2 Å². The molecule has 2 aromatic heterocycles. The maximum absolute atomic E-state index is 12.2. The highest BCUT2D eigenvalue weighted by atomic mass is 16.5. The maximum atomic E-state index is 12.2. The van der Waals surface area contributed by atoms with Gasteiger partial charge < -0.3 is 14.5 Å². The summed E-state index contributed by atoms with van der Waals surface area (Å²) in [5, 5.41) is 4.72. The summed E-state index contributed by atoms with van der Waals surface area (Å²) in [6.07, 6.45) is 0.939. The van der Waals surface area contributed by atoms with Gasteiger partial charge in [-0.15, -0.1) is 0 Å². The van der Waals surface area contributed by atoms with Crippen molar-refractivity contribution in [2.24, 2.45) is 0 Å². The van der Waals surface area contributed by atoms with E-state index in [4.69, 9.17) is 8.05 Å². The first-order valence-corrected chi connectivity index (χ1v) is 6.95. The average Bonchev–Trinajstić information content (AvgIpc) is 2.81. The van der Waals surface area contributed by atoms with Crippen molar-refractivity contribution >= 4 is 25.2 Å². The van der Waals surface area contributed by atoms with Gasteiger partial charge in [0.1, 0.15) is 11.2 Å². The molecule has 2 aromatic rings. The molecule has 1 amide bonds. The van der Waals surface area contributed by atoms with E-state index in [1.165, 1.54) is 11.1 Å². The van der Waals surface area contributed by atoms with Crippen LogP contribution in [0.1, 0.15) is 32.5 Å². The Morgan fingerprint density at radius 1 is 1.45 bits per heavy atom. The van der Waals surface area contributed by atoms with E-state index < -0.39 is 6.09 Å². The zero-order valence-electron chi connectivity index (χ0n) is 12.7. The van der Waals surface area contributed by atoms with Crippen LogP contribution >= 0.6 is 0 Å². The molecule has 2 radical (unpaired) electrons. The normalized spacial score (nSPS) is 15.9. The van der Waals surface area contributed by atoms with Crippen molar-refractivity contribution in [1.29, 1.82) is 0 Å². The number of carbonyl (C=O) groups is 1. The van der Waals surface area contributed by atoms with Crippen LogP contribution in [-0.4, -0.2) is 51.9 Å². The third-order valence-electron chi connectivity index (χ3n) is 3.72. The Labute approximate surface area is 127 Å². The van der Waals surface area contributed by atoms with E-state index in [9.17, 15) is 9.59 Å². The van der Waals surface area contributed by atoms with E-state index in [-0.39, 0.29) is 17.0 Å². The lowest BCUT2D eigenvalue weighted by Crippen LogP contribution is -2.49. The molecule has 8 nitrogen and oxygen atoms in total. The lowest BCUT2D eigenvalue weighted by atomic mass is 10.00. The van der Waals surface area contributed by atoms with Crippen LogP contribution in [0.15, 0.2) is 11.0 Å². The van der Waals surface area contributed by atoms with Crippen LogP contribution in [0.25, 0.3) is 11.0 Å². The Hall–Kier alpha value is -2.32. The van der Waals surface area contributed by atoms with Gasteiger partial charge in [0, 0.05) is 13.1 Å². The molecule has 3 rings (SSSR count). The smallest absolute Gasteiger partial charge is 0.391 e. The second-order valence-corrected chi connectivity index (χ2v) is 6.40. The molecule has 1 saturated heterocycles. The second kappa shape index (κ2) is 4.86. The molecule has 114 valence electrons. The first-order valence-electron chi connectivity index (χ1n) is 6.95. The van der Waals surface area contributed by atoms with E-state index in [2.05, 4.69) is 19.7 Å². The van der Waals surface area contributed by atoms with Crippen LogP contribution in [0.2, 0.25) is 0 Å². The predicted molar refractivity (Wildman–Crippen MR) is 79.7 cm³/mol. The maximum Gasteiger partial charge on any atom is 0.391 e. The number of likely N-dealkylation sites (tertiary alicyclic amines) is 1. The molecule has 1 N–H and O–H groups in total. The topological polar surface area (TPSA) is 93.1 Å². The molecule has 0 unspecified atom stereocenters.